The number of carbonyl (C=O) groups excluding carboxylic acids is 2. The number of benzene rings is 1. The van der Waals surface area contributed by atoms with Gasteiger partial charge in [-0.15, -0.1) is 11.3 Å². The van der Waals surface area contributed by atoms with Crippen LogP contribution in [-0.4, -0.2) is 53.8 Å². The summed E-state index contributed by atoms with van der Waals surface area (Å²) in [5.41, 5.74) is 1.63. The van der Waals surface area contributed by atoms with Gasteiger partial charge in [-0.1, -0.05) is 17.7 Å². The number of hydrogen-bond acceptors (Lipinski definition) is 6. The summed E-state index contributed by atoms with van der Waals surface area (Å²) in [7, 11) is 2.09. The summed E-state index contributed by atoms with van der Waals surface area (Å²) >= 11 is 7.03. The number of carboxylic acids is 1. The van der Waals surface area contributed by atoms with Crippen LogP contribution in [0.1, 0.15) is 40.1 Å². The summed E-state index contributed by atoms with van der Waals surface area (Å²) in [5, 5.41) is 14.9. The molecule has 2 aromatic rings. The second-order valence-corrected chi connectivity index (χ2v) is 10.3. The lowest BCUT2D eigenvalue weighted by Gasteiger charge is -2.30. The van der Waals surface area contributed by atoms with Crippen LogP contribution < -0.4 is 10.6 Å². The summed E-state index contributed by atoms with van der Waals surface area (Å²) in [5.74, 6) is -2.15. The highest BCUT2D eigenvalue weighted by molar-refractivity contribution is 7.18. The molecule has 1 aliphatic carbocycles. The van der Waals surface area contributed by atoms with Crippen LogP contribution >= 0.6 is 22.9 Å². The van der Waals surface area contributed by atoms with E-state index in [9.17, 15) is 19.5 Å². The predicted octanol–water partition coefficient (Wildman–Crippen LogP) is 3.99. The molecule has 2 aliphatic rings. The lowest BCUT2D eigenvalue weighted by atomic mass is 10.0. The van der Waals surface area contributed by atoms with E-state index in [0.717, 1.165) is 37.3 Å². The molecule has 0 spiro atoms. The van der Waals surface area contributed by atoms with Crippen LogP contribution in [0, 0.1) is 5.92 Å². The number of ether oxygens (including phenoxy) is 1. The molecule has 0 radical (unpaired) electrons. The number of aliphatic carboxylic acids is 1. The Balaban J connectivity index is 1.47. The smallest absolute Gasteiger partial charge is 0.413 e. The lowest BCUT2D eigenvalue weighted by molar-refractivity contribution is -0.142. The molecule has 0 bridgehead atoms. The Labute approximate surface area is 200 Å². The monoisotopic (exact) mass is 491 g/mol. The number of likely N-dealkylation sites (N-methyl/N-ethyl adjacent to an activating group) is 1. The Morgan fingerprint density at radius 2 is 1.94 bits per heavy atom. The standard InChI is InChI=1S/C23H26ClN3O5S/c1-27-10-7-14-2-3-17(12-15(14)8-11-27)25-22(31)32-23(9-6-16(13-23)21(29)30)26-20(28)18-4-5-19(24)33-18/h2-5,12,16H,6-11,13H2,1H3,(H,25,31)(H,26,28)(H,29,30). The van der Waals surface area contributed by atoms with E-state index >= 15 is 0 Å². The van der Waals surface area contributed by atoms with E-state index in [4.69, 9.17) is 16.3 Å². The summed E-state index contributed by atoms with van der Waals surface area (Å²) in [6.07, 6.45) is 1.60. The van der Waals surface area contributed by atoms with Gasteiger partial charge in [0.1, 0.15) is 0 Å². The Morgan fingerprint density at radius 3 is 2.61 bits per heavy atom. The largest absolute Gasteiger partial charge is 0.481 e. The minimum Gasteiger partial charge on any atom is -0.481 e. The topological polar surface area (TPSA) is 108 Å². The van der Waals surface area contributed by atoms with Gasteiger partial charge in [-0.3, -0.25) is 14.9 Å². The number of nitrogens with one attached hydrogen (secondary N) is 2. The number of hydrogen-bond donors (Lipinski definition) is 3. The van der Waals surface area contributed by atoms with Crippen LogP contribution in [0.3, 0.4) is 0 Å². The first-order chi connectivity index (χ1) is 15.7. The number of thiophene rings is 1. The van der Waals surface area contributed by atoms with Crippen LogP contribution in [-0.2, 0) is 22.4 Å². The van der Waals surface area contributed by atoms with Gasteiger partial charge in [0.2, 0.25) is 0 Å². The number of amides is 2. The quantitative estimate of drug-likeness (QED) is 0.546. The number of nitrogens with zero attached hydrogens (tertiary/aromatic N) is 1. The van der Waals surface area contributed by atoms with Gasteiger partial charge in [0.15, 0.2) is 5.72 Å². The molecule has 2 amide bonds. The van der Waals surface area contributed by atoms with E-state index in [2.05, 4.69) is 22.6 Å². The molecule has 4 rings (SSSR count). The van der Waals surface area contributed by atoms with E-state index in [1.165, 1.54) is 11.1 Å². The average Bonchev–Trinajstić information content (AvgIpc) is 3.33. The zero-order valence-electron chi connectivity index (χ0n) is 18.2. The molecule has 1 aliphatic heterocycles. The lowest BCUT2D eigenvalue weighted by Crippen LogP contribution is -2.50. The highest BCUT2D eigenvalue weighted by Crippen LogP contribution is 2.37. The van der Waals surface area contributed by atoms with Crippen molar-refractivity contribution in [2.45, 2.75) is 37.8 Å². The highest BCUT2D eigenvalue weighted by Gasteiger charge is 2.46. The molecule has 1 fully saturated rings. The maximum atomic E-state index is 12.8. The summed E-state index contributed by atoms with van der Waals surface area (Å²) in [6.45, 7) is 1.93. The molecule has 8 nitrogen and oxygen atoms in total. The molecular weight excluding hydrogens is 466 g/mol. The second-order valence-electron chi connectivity index (χ2n) is 8.63. The average molecular weight is 492 g/mol. The molecule has 2 unspecified atom stereocenters. The van der Waals surface area contributed by atoms with Crippen molar-refractivity contribution in [2.75, 3.05) is 25.5 Å². The SMILES string of the molecule is CN1CCc2ccc(NC(=O)OC3(NC(=O)c4ccc(Cl)s4)CCC(C(=O)O)C3)cc2CC1. The number of carboxylic acid groups (broad SMARTS) is 1. The maximum absolute atomic E-state index is 12.8. The molecule has 176 valence electrons. The third kappa shape index (κ3) is 5.66. The minimum atomic E-state index is -1.41. The number of rotatable bonds is 5. The fourth-order valence-corrected chi connectivity index (χ4v) is 5.33. The van der Waals surface area contributed by atoms with E-state index in [-0.39, 0.29) is 12.8 Å². The fraction of sp³-hybridized carbons (Fsp3) is 0.435. The molecule has 10 heteroatoms. The summed E-state index contributed by atoms with van der Waals surface area (Å²) in [4.78, 5) is 39.7. The summed E-state index contributed by atoms with van der Waals surface area (Å²) < 4.78 is 6.14. The van der Waals surface area contributed by atoms with Crippen LogP contribution in [0.2, 0.25) is 4.34 Å². The van der Waals surface area contributed by atoms with Crippen molar-refractivity contribution in [1.82, 2.24) is 10.2 Å². The molecule has 2 heterocycles. The number of fused-ring (bicyclic) bond motifs is 1. The van der Waals surface area contributed by atoms with Crippen molar-refractivity contribution in [2.24, 2.45) is 5.92 Å². The highest BCUT2D eigenvalue weighted by atomic mass is 35.5. The van der Waals surface area contributed by atoms with Gasteiger partial charge < -0.3 is 20.1 Å². The Kier molecular flexibility index (Phi) is 6.92. The van der Waals surface area contributed by atoms with Crippen LogP contribution in [0.5, 0.6) is 0 Å². The zero-order chi connectivity index (χ0) is 23.6. The van der Waals surface area contributed by atoms with Crippen molar-refractivity contribution >= 4 is 46.6 Å². The molecule has 3 N–H and O–H groups in total. The van der Waals surface area contributed by atoms with E-state index in [0.29, 0.717) is 21.3 Å². The van der Waals surface area contributed by atoms with Crippen molar-refractivity contribution in [3.63, 3.8) is 0 Å². The van der Waals surface area contributed by atoms with Gasteiger partial charge in [0, 0.05) is 31.6 Å². The Hall–Kier alpha value is -2.62. The minimum absolute atomic E-state index is 0.00285. The number of halogens is 1. The molecule has 1 aromatic heterocycles. The van der Waals surface area contributed by atoms with Crippen molar-refractivity contribution in [3.8, 4) is 0 Å². The molecule has 33 heavy (non-hydrogen) atoms. The van der Waals surface area contributed by atoms with E-state index in [1.54, 1.807) is 12.1 Å². The third-order valence-corrected chi connectivity index (χ3v) is 7.46. The summed E-state index contributed by atoms with van der Waals surface area (Å²) in [6, 6.07) is 8.97. The van der Waals surface area contributed by atoms with E-state index < -0.39 is 29.6 Å². The first-order valence-electron chi connectivity index (χ1n) is 10.8. The predicted molar refractivity (Wildman–Crippen MR) is 126 cm³/mol. The zero-order valence-corrected chi connectivity index (χ0v) is 19.8. The van der Waals surface area contributed by atoms with Crippen LogP contribution in [0.4, 0.5) is 10.5 Å². The normalized spacial score (nSPS) is 22.8. The van der Waals surface area contributed by atoms with Gasteiger partial charge in [-0.05, 0) is 61.7 Å². The van der Waals surface area contributed by atoms with Crippen LogP contribution in [0.15, 0.2) is 30.3 Å². The van der Waals surface area contributed by atoms with E-state index in [1.807, 2.05) is 18.2 Å². The maximum Gasteiger partial charge on any atom is 0.413 e. The molecule has 0 saturated heterocycles. The first kappa shape index (κ1) is 23.5. The molecule has 2 atom stereocenters. The van der Waals surface area contributed by atoms with Crippen molar-refractivity contribution in [3.05, 3.63) is 50.7 Å². The fourth-order valence-electron chi connectivity index (χ4n) is 4.39. The van der Waals surface area contributed by atoms with Crippen molar-refractivity contribution in [1.29, 1.82) is 0 Å². The molecule has 1 aromatic carbocycles. The molecule has 1 saturated carbocycles. The molecular formula is C23H26ClN3O5S. The second kappa shape index (κ2) is 9.70. The Bertz CT molecular complexity index is 1070. The Morgan fingerprint density at radius 1 is 1.18 bits per heavy atom. The number of carbonyl (C=O) groups is 3. The van der Waals surface area contributed by atoms with Crippen LogP contribution in [0.25, 0.3) is 0 Å². The third-order valence-electron chi connectivity index (χ3n) is 6.23. The van der Waals surface area contributed by atoms with Crippen molar-refractivity contribution < 1.29 is 24.2 Å². The van der Waals surface area contributed by atoms with Gasteiger partial charge >= 0.3 is 12.1 Å². The van der Waals surface area contributed by atoms with Gasteiger partial charge in [-0.25, -0.2) is 4.79 Å². The number of anilines is 1. The van der Waals surface area contributed by atoms with Gasteiger partial charge in [0.05, 0.1) is 15.1 Å². The van der Waals surface area contributed by atoms with Gasteiger partial charge in [-0.2, -0.15) is 0 Å². The first-order valence-corrected chi connectivity index (χ1v) is 12.0. The van der Waals surface area contributed by atoms with Gasteiger partial charge in [0.25, 0.3) is 5.91 Å².